The van der Waals surface area contributed by atoms with E-state index in [0.29, 0.717) is 25.6 Å². The molecule has 0 aliphatic rings. The first-order valence-corrected chi connectivity index (χ1v) is 7.88. The Morgan fingerprint density at radius 3 is 2.76 bits per heavy atom. The predicted molar refractivity (Wildman–Crippen MR) is 88.3 cm³/mol. The second-order valence-corrected chi connectivity index (χ2v) is 5.90. The van der Waals surface area contributed by atoms with Gasteiger partial charge in [-0.2, -0.15) is 4.98 Å². The molecule has 6 nitrogen and oxygen atoms in total. The highest BCUT2D eigenvalue weighted by molar-refractivity contribution is 7.18. The molecule has 2 rings (SSSR count). The van der Waals surface area contributed by atoms with Crippen molar-refractivity contribution in [2.45, 2.75) is 20.8 Å². The average Bonchev–Trinajstić information content (AvgIpc) is 2.84. The van der Waals surface area contributed by atoms with Gasteiger partial charge >= 0.3 is 0 Å². The topological polar surface area (TPSA) is 70.2 Å². The van der Waals surface area contributed by atoms with Crippen molar-refractivity contribution in [1.29, 1.82) is 0 Å². The van der Waals surface area contributed by atoms with E-state index in [4.69, 9.17) is 0 Å². The summed E-state index contributed by atoms with van der Waals surface area (Å²) in [4.78, 5) is 25.0. The van der Waals surface area contributed by atoms with Crippen LogP contribution >= 0.6 is 11.3 Å². The summed E-state index contributed by atoms with van der Waals surface area (Å²) in [6.45, 7) is 7.63. The smallest absolute Gasteiger partial charge is 0.239 e. The van der Waals surface area contributed by atoms with Crippen LogP contribution in [0, 0.1) is 6.92 Å². The Labute approximate surface area is 128 Å². The largest absolute Gasteiger partial charge is 0.357 e. The van der Waals surface area contributed by atoms with Crippen LogP contribution in [-0.4, -0.2) is 42.6 Å². The minimum atomic E-state index is 0.00377. The van der Waals surface area contributed by atoms with Gasteiger partial charge in [-0.15, -0.1) is 11.3 Å². The number of carbonyl (C=O) groups is 1. The lowest BCUT2D eigenvalue weighted by Gasteiger charge is -2.22. The molecule has 2 N–H and O–H groups in total. The molecular formula is C14H21N5OS. The molecule has 0 fully saturated rings. The van der Waals surface area contributed by atoms with E-state index >= 15 is 0 Å². The molecule has 1 amide bonds. The third kappa shape index (κ3) is 3.41. The van der Waals surface area contributed by atoms with E-state index in [1.54, 1.807) is 18.4 Å². The maximum absolute atomic E-state index is 11.9. The van der Waals surface area contributed by atoms with Gasteiger partial charge in [0.25, 0.3) is 0 Å². The summed E-state index contributed by atoms with van der Waals surface area (Å²) in [7, 11) is 1.80. The van der Waals surface area contributed by atoms with Crippen LogP contribution < -0.4 is 15.5 Å². The lowest BCUT2D eigenvalue weighted by Crippen LogP contribution is -2.37. The summed E-state index contributed by atoms with van der Waals surface area (Å²) < 4.78 is 0. The van der Waals surface area contributed by atoms with Crippen molar-refractivity contribution in [3.05, 3.63) is 10.9 Å². The van der Waals surface area contributed by atoms with Gasteiger partial charge in [0.2, 0.25) is 11.9 Å². The van der Waals surface area contributed by atoms with Gasteiger partial charge in [0.1, 0.15) is 10.6 Å². The van der Waals surface area contributed by atoms with Crippen LogP contribution in [0.15, 0.2) is 6.07 Å². The van der Waals surface area contributed by atoms with Crippen LogP contribution in [0.3, 0.4) is 0 Å². The van der Waals surface area contributed by atoms with Crippen molar-refractivity contribution in [2.75, 3.05) is 36.9 Å². The van der Waals surface area contributed by atoms with E-state index in [-0.39, 0.29) is 5.91 Å². The molecule has 7 heteroatoms. The molecule has 0 unspecified atom stereocenters. The quantitative estimate of drug-likeness (QED) is 0.854. The number of amides is 1. The van der Waals surface area contributed by atoms with Crippen molar-refractivity contribution in [1.82, 2.24) is 15.3 Å². The number of aryl methyl sites for hydroxylation is 1. The second kappa shape index (κ2) is 6.71. The number of fused-ring (bicyclic) bond motifs is 1. The van der Waals surface area contributed by atoms with E-state index in [0.717, 1.165) is 16.0 Å². The molecule has 0 spiro atoms. The molecule has 0 saturated carbocycles. The van der Waals surface area contributed by atoms with Crippen LogP contribution in [-0.2, 0) is 4.79 Å². The number of nitrogens with zero attached hydrogens (tertiary/aromatic N) is 3. The minimum Gasteiger partial charge on any atom is -0.357 e. The molecule has 2 aromatic heterocycles. The Kier molecular flexibility index (Phi) is 4.95. The minimum absolute atomic E-state index is 0.00377. The van der Waals surface area contributed by atoms with Gasteiger partial charge in [0, 0.05) is 25.0 Å². The van der Waals surface area contributed by atoms with Gasteiger partial charge in [0.05, 0.1) is 11.9 Å². The molecule has 2 heterocycles. The molecule has 0 radical (unpaired) electrons. The summed E-state index contributed by atoms with van der Waals surface area (Å²) in [6, 6.07) is 2.08. The Balaban J connectivity index is 2.43. The summed E-state index contributed by atoms with van der Waals surface area (Å²) in [6.07, 6.45) is 0. The van der Waals surface area contributed by atoms with Gasteiger partial charge in [-0.05, 0) is 26.8 Å². The molecule has 0 atom stereocenters. The fraction of sp³-hybridized carbons (Fsp3) is 0.500. The third-order valence-electron chi connectivity index (χ3n) is 3.11. The van der Waals surface area contributed by atoms with Crippen LogP contribution in [0.5, 0.6) is 0 Å². The lowest BCUT2D eigenvalue weighted by molar-refractivity contribution is -0.119. The van der Waals surface area contributed by atoms with Crippen LogP contribution in [0.1, 0.15) is 18.7 Å². The molecule has 2 aromatic rings. The SMILES string of the molecule is CCNC(=O)CN(CC)c1nc(NC)nc2sc(C)cc12. The van der Waals surface area contributed by atoms with E-state index in [2.05, 4.69) is 33.6 Å². The van der Waals surface area contributed by atoms with Gasteiger partial charge < -0.3 is 15.5 Å². The van der Waals surface area contributed by atoms with Crippen molar-refractivity contribution < 1.29 is 4.79 Å². The molecule has 114 valence electrons. The van der Waals surface area contributed by atoms with Crippen LogP contribution in [0.25, 0.3) is 10.2 Å². The zero-order valence-corrected chi connectivity index (χ0v) is 13.7. The maximum atomic E-state index is 11.9. The zero-order valence-electron chi connectivity index (χ0n) is 12.9. The van der Waals surface area contributed by atoms with Crippen molar-refractivity contribution in [2.24, 2.45) is 0 Å². The van der Waals surface area contributed by atoms with Crippen LogP contribution in [0.2, 0.25) is 0 Å². The number of hydrogen-bond acceptors (Lipinski definition) is 6. The fourth-order valence-electron chi connectivity index (χ4n) is 2.14. The van der Waals surface area contributed by atoms with Gasteiger partial charge in [-0.3, -0.25) is 4.79 Å². The average molecular weight is 307 g/mol. The molecule has 0 bridgehead atoms. The van der Waals surface area contributed by atoms with Crippen molar-refractivity contribution >= 4 is 39.2 Å². The Morgan fingerprint density at radius 2 is 2.14 bits per heavy atom. The standard InChI is InChI=1S/C14H21N5OS/c1-5-16-11(20)8-19(6-2)12-10-7-9(3)21-13(10)18-14(15-4)17-12/h7H,5-6,8H2,1-4H3,(H,16,20)(H,15,17,18). The molecule has 0 aliphatic carbocycles. The third-order valence-corrected chi connectivity index (χ3v) is 4.05. The molecule has 0 aliphatic heterocycles. The summed E-state index contributed by atoms with van der Waals surface area (Å²) >= 11 is 1.63. The second-order valence-electron chi connectivity index (χ2n) is 4.66. The fourth-order valence-corrected chi connectivity index (χ4v) is 3.02. The van der Waals surface area contributed by atoms with E-state index in [1.165, 1.54) is 4.88 Å². The first-order valence-electron chi connectivity index (χ1n) is 7.06. The Hall–Kier alpha value is -1.89. The normalized spacial score (nSPS) is 10.7. The molecule has 0 aromatic carbocycles. The van der Waals surface area contributed by atoms with Gasteiger partial charge in [-0.25, -0.2) is 4.98 Å². The number of rotatable bonds is 6. The maximum Gasteiger partial charge on any atom is 0.239 e. The molecule has 0 saturated heterocycles. The van der Waals surface area contributed by atoms with Gasteiger partial charge in [0.15, 0.2) is 0 Å². The Morgan fingerprint density at radius 1 is 1.38 bits per heavy atom. The van der Waals surface area contributed by atoms with E-state index in [9.17, 15) is 4.79 Å². The number of thiophene rings is 1. The van der Waals surface area contributed by atoms with E-state index < -0.39 is 0 Å². The predicted octanol–water partition coefficient (Wildman–Crippen LogP) is 2.00. The van der Waals surface area contributed by atoms with Gasteiger partial charge in [-0.1, -0.05) is 0 Å². The number of likely N-dealkylation sites (N-methyl/N-ethyl adjacent to an activating group) is 2. The highest BCUT2D eigenvalue weighted by atomic mass is 32.1. The first-order chi connectivity index (χ1) is 10.1. The number of anilines is 2. The molecule has 21 heavy (non-hydrogen) atoms. The number of nitrogens with one attached hydrogen (secondary N) is 2. The van der Waals surface area contributed by atoms with Crippen LogP contribution in [0.4, 0.5) is 11.8 Å². The Bertz CT molecular complexity index is 640. The van der Waals surface area contributed by atoms with Crippen molar-refractivity contribution in [3.8, 4) is 0 Å². The number of aromatic nitrogens is 2. The highest BCUT2D eigenvalue weighted by Gasteiger charge is 2.17. The number of hydrogen-bond donors (Lipinski definition) is 2. The first kappa shape index (κ1) is 15.5. The van der Waals surface area contributed by atoms with E-state index in [1.807, 2.05) is 18.7 Å². The zero-order chi connectivity index (χ0) is 15.4. The van der Waals surface area contributed by atoms with Crippen molar-refractivity contribution in [3.63, 3.8) is 0 Å². The summed E-state index contributed by atoms with van der Waals surface area (Å²) in [5, 5.41) is 6.81. The molecular weight excluding hydrogens is 286 g/mol. The highest BCUT2D eigenvalue weighted by Crippen LogP contribution is 2.31. The number of carbonyl (C=O) groups excluding carboxylic acids is 1. The summed E-state index contributed by atoms with van der Waals surface area (Å²) in [5.41, 5.74) is 0. The lowest BCUT2D eigenvalue weighted by atomic mass is 10.3. The monoisotopic (exact) mass is 307 g/mol. The summed E-state index contributed by atoms with van der Waals surface area (Å²) in [5.74, 6) is 1.39.